The van der Waals surface area contributed by atoms with Gasteiger partial charge in [0.05, 0.1) is 0 Å². The van der Waals surface area contributed by atoms with Crippen LogP contribution in [0.2, 0.25) is 0 Å². The number of rotatable bonds is 1. The molecule has 3 aromatic heterocycles. The number of pyridine rings is 2. The molecule has 0 N–H and O–H groups in total. The lowest BCUT2D eigenvalue weighted by Crippen LogP contribution is -2.60. The van der Waals surface area contributed by atoms with Crippen LogP contribution in [0.25, 0.3) is 23.3 Å². The minimum absolute atomic E-state index is 0.151. The lowest BCUT2D eigenvalue weighted by molar-refractivity contribution is -0.654. The van der Waals surface area contributed by atoms with Crippen molar-refractivity contribution in [2.24, 2.45) is 7.05 Å². The molecule has 0 bridgehead atoms. The summed E-state index contributed by atoms with van der Waals surface area (Å²) in [5.74, 6) is 2.17. The van der Waals surface area contributed by atoms with E-state index < -0.39 is 0 Å². The summed E-state index contributed by atoms with van der Waals surface area (Å²) in [6.45, 7) is 2.27. The SMILES string of the molecule is Cc1cc[n+](C)c(B2C=c3oc4ncccc4c3=CN2C)c1. The minimum Gasteiger partial charge on any atom is -0.439 e. The molecule has 0 saturated heterocycles. The van der Waals surface area contributed by atoms with Gasteiger partial charge >= 0.3 is 6.85 Å². The molecule has 4 nitrogen and oxygen atoms in total. The van der Waals surface area contributed by atoms with Crippen molar-refractivity contribution in [2.75, 3.05) is 7.05 Å². The predicted octanol–water partition coefficient (Wildman–Crippen LogP) is -0.137. The van der Waals surface area contributed by atoms with Crippen molar-refractivity contribution in [1.82, 2.24) is 9.79 Å². The third-order valence-electron chi connectivity index (χ3n) is 4.26. The summed E-state index contributed by atoms with van der Waals surface area (Å²) in [4.78, 5) is 6.53. The molecule has 108 valence electrons. The molecule has 1 aliphatic rings. The first-order chi connectivity index (χ1) is 10.6. The smallest absolute Gasteiger partial charge is 0.399 e. The van der Waals surface area contributed by atoms with Crippen molar-refractivity contribution in [3.05, 3.63) is 52.9 Å². The van der Waals surface area contributed by atoms with Gasteiger partial charge < -0.3 is 9.23 Å². The number of aromatic nitrogens is 2. The van der Waals surface area contributed by atoms with E-state index in [1.165, 1.54) is 11.2 Å². The summed E-state index contributed by atoms with van der Waals surface area (Å²) < 4.78 is 8.08. The zero-order chi connectivity index (χ0) is 15.3. The molecule has 0 spiro atoms. The average molecular weight is 290 g/mol. The summed E-state index contributed by atoms with van der Waals surface area (Å²) in [5.41, 5.74) is 4.09. The Kier molecular flexibility index (Phi) is 2.82. The molecule has 22 heavy (non-hydrogen) atoms. The van der Waals surface area contributed by atoms with Crippen LogP contribution in [0.4, 0.5) is 0 Å². The van der Waals surface area contributed by atoms with Gasteiger partial charge in [-0.1, -0.05) is 0 Å². The normalized spacial score (nSPS) is 13.8. The maximum absolute atomic E-state index is 5.93. The first kappa shape index (κ1) is 13.1. The molecule has 0 fully saturated rings. The van der Waals surface area contributed by atoms with Gasteiger partial charge in [0.1, 0.15) is 12.5 Å². The van der Waals surface area contributed by atoms with Gasteiger partial charge in [-0.2, -0.15) is 0 Å². The van der Waals surface area contributed by atoms with Crippen LogP contribution in [-0.4, -0.2) is 23.7 Å². The molecule has 4 rings (SSSR count). The van der Waals surface area contributed by atoms with E-state index in [0.717, 1.165) is 16.0 Å². The zero-order valence-electron chi connectivity index (χ0n) is 12.9. The third-order valence-corrected chi connectivity index (χ3v) is 4.26. The van der Waals surface area contributed by atoms with E-state index in [1.54, 1.807) is 6.20 Å². The van der Waals surface area contributed by atoms with E-state index in [0.29, 0.717) is 5.71 Å². The first-order valence-electron chi connectivity index (χ1n) is 7.39. The van der Waals surface area contributed by atoms with Crippen molar-refractivity contribution in [2.45, 2.75) is 6.92 Å². The summed E-state index contributed by atoms with van der Waals surface area (Å²) in [6.07, 6.45) is 6.01. The van der Waals surface area contributed by atoms with E-state index in [9.17, 15) is 0 Å². The summed E-state index contributed by atoms with van der Waals surface area (Å²) in [6, 6.07) is 8.33. The van der Waals surface area contributed by atoms with Crippen LogP contribution in [0, 0.1) is 6.92 Å². The second-order valence-corrected chi connectivity index (χ2v) is 5.88. The maximum Gasteiger partial charge on any atom is 0.399 e. The van der Waals surface area contributed by atoms with Crippen molar-refractivity contribution in [3.63, 3.8) is 0 Å². The molecular formula is C17H17BN3O+. The second-order valence-electron chi connectivity index (χ2n) is 5.88. The fraction of sp³-hybridized carbons (Fsp3) is 0.176. The first-order valence-corrected chi connectivity index (χ1v) is 7.39. The van der Waals surface area contributed by atoms with E-state index >= 15 is 0 Å². The monoisotopic (exact) mass is 290 g/mol. The van der Waals surface area contributed by atoms with Crippen molar-refractivity contribution < 1.29 is 8.98 Å². The Morgan fingerprint density at radius 1 is 1.32 bits per heavy atom. The van der Waals surface area contributed by atoms with Crippen molar-refractivity contribution >= 4 is 35.7 Å². The Balaban J connectivity index is 1.96. The van der Waals surface area contributed by atoms with Gasteiger partial charge in [0.15, 0.2) is 11.8 Å². The fourth-order valence-electron chi connectivity index (χ4n) is 3.06. The Morgan fingerprint density at radius 2 is 2.18 bits per heavy atom. The Bertz CT molecular complexity index is 993. The number of aryl methyl sites for hydroxylation is 2. The molecule has 4 heterocycles. The maximum atomic E-state index is 5.93. The van der Waals surface area contributed by atoms with E-state index in [1.807, 2.05) is 6.07 Å². The number of furan rings is 1. The summed E-state index contributed by atoms with van der Waals surface area (Å²) in [7, 11) is 4.17. The van der Waals surface area contributed by atoms with Gasteiger partial charge in [-0.15, -0.1) is 0 Å². The van der Waals surface area contributed by atoms with Gasteiger partial charge in [0, 0.05) is 28.9 Å². The highest BCUT2D eigenvalue weighted by atomic mass is 16.3. The Labute approximate surface area is 129 Å². The average Bonchev–Trinajstić information content (AvgIpc) is 2.87. The molecular weight excluding hydrogens is 273 g/mol. The van der Waals surface area contributed by atoms with Crippen LogP contribution in [0.5, 0.6) is 0 Å². The van der Waals surface area contributed by atoms with Crippen LogP contribution in [0.3, 0.4) is 0 Å². The largest absolute Gasteiger partial charge is 0.439 e. The topological polar surface area (TPSA) is 33.1 Å². The number of nitrogens with zero attached hydrogens (tertiary/aromatic N) is 3. The van der Waals surface area contributed by atoms with Gasteiger partial charge in [0.25, 0.3) is 0 Å². The predicted molar refractivity (Wildman–Crippen MR) is 87.7 cm³/mol. The van der Waals surface area contributed by atoms with Crippen LogP contribution in [0.15, 0.2) is 41.1 Å². The number of hydrogen-bond donors (Lipinski definition) is 0. The highest BCUT2D eigenvalue weighted by Gasteiger charge is 2.30. The molecule has 5 heteroatoms. The third kappa shape index (κ3) is 1.93. The molecule has 0 aromatic carbocycles. The molecule has 3 aromatic rings. The highest BCUT2D eigenvalue weighted by Crippen LogP contribution is 2.07. The molecule has 0 radical (unpaired) electrons. The Hall–Kier alpha value is -2.56. The zero-order valence-corrected chi connectivity index (χ0v) is 12.9. The lowest BCUT2D eigenvalue weighted by Gasteiger charge is -2.20. The standard InChI is InChI=1S/C17H17BN3O/c1-12-6-8-20(2)16(9-12)18-10-15-14(11-21(18)3)13-5-4-7-19-17(13)22-15/h4-11H,1-3H3/q+1. The quantitative estimate of drug-likeness (QED) is 0.462. The van der Waals surface area contributed by atoms with Crippen LogP contribution in [0.1, 0.15) is 5.56 Å². The second kappa shape index (κ2) is 4.73. The summed E-state index contributed by atoms with van der Waals surface area (Å²) >= 11 is 0. The van der Waals surface area contributed by atoms with Crippen LogP contribution in [-0.2, 0) is 7.05 Å². The molecule has 0 unspecified atom stereocenters. The fourth-order valence-corrected chi connectivity index (χ4v) is 3.06. The van der Waals surface area contributed by atoms with Crippen molar-refractivity contribution in [3.8, 4) is 0 Å². The van der Waals surface area contributed by atoms with Crippen LogP contribution < -0.4 is 20.8 Å². The molecule has 0 atom stereocenters. The van der Waals surface area contributed by atoms with Gasteiger partial charge in [-0.3, -0.25) is 0 Å². The van der Waals surface area contributed by atoms with Gasteiger partial charge in [-0.05, 0) is 43.8 Å². The van der Waals surface area contributed by atoms with E-state index in [2.05, 4.69) is 72.0 Å². The number of hydrogen-bond acceptors (Lipinski definition) is 3. The number of fused-ring (bicyclic) bond motifs is 3. The Morgan fingerprint density at radius 3 is 3.05 bits per heavy atom. The van der Waals surface area contributed by atoms with Crippen molar-refractivity contribution in [1.29, 1.82) is 0 Å². The lowest BCUT2D eigenvalue weighted by atomic mass is 9.56. The van der Waals surface area contributed by atoms with Gasteiger partial charge in [0.2, 0.25) is 5.71 Å². The highest BCUT2D eigenvalue weighted by molar-refractivity contribution is 6.82. The van der Waals surface area contributed by atoms with Crippen LogP contribution >= 0.6 is 0 Å². The molecule has 1 aliphatic heterocycles. The van der Waals surface area contributed by atoms with E-state index in [4.69, 9.17) is 4.42 Å². The summed E-state index contributed by atoms with van der Waals surface area (Å²) in [5, 5.41) is 2.17. The molecule has 0 aliphatic carbocycles. The van der Waals surface area contributed by atoms with Gasteiger partial charge in [-0.25, -0.2) is 9.55 Å². The molecule has 0 amide bonds. The molecule has 0 saturated carbocycles. The van der Waals surface area contributed by atoms with E-state index in [-0.39, 0.29) is 6.85 Å². The minimum atomic E-state index is 0.151.